The second-order valence-corrected chi connectivity index (χ2v) is 12.9. The number of benzene rings is 4. The normalized spacial score (nSPS) is 10.9. The number of hydrogen-bond acceptors (Lipinski definition) is 8. The highest BCUT2D eigenvalue weighted by molar-refractivity contribution is 5.95. The predicted molar refractivity (Wildman–Crippen MR) is 209 cm³/mol. The summed E-state index contributed by atoms with van der Waals surface area (Å²) in [5, 5.41) is 0.684. The van der Waals surface area contributed by atoms with Crippen LogP contribution in [0.2, 0.25) is 0 Å². The summed E-state index contributed by atoms with van der Waals surface area (Å²) < 4.78 is 44.1. The molecule has 1 N–H and O–H groups in total. The molecule has 10 nitrogen and oxygen atoms in total. The van der Waals surface area contributed by atoms with E-state index < -0.39 is 12.5 Å². The summed E-state index contributed by atoms with van der Waals surface area (Å²) in [7, 11) is 0. The van der Waals surface area contributed by atoms with Gasteiger partial charge in [-0.3, -0.25) is 19.2 Å². The molecule has 0 atom stereocenters. The second kappa shape index (κ2) is 24.2. The number of unbranched alkanes of at least 4 members (excludes halogenated alkanes) is 3. The Morgan fingerprint density at radius 1 is 0.714 bits per heavy atom. The first-order valence-electron chi connectivity index (χ1n) is 19.2. The number of rotatable bonds is 25. The summed E-state index contributed by atoms with van der Waals surface area (Å²) in [5.74, 6) is -0.0388. The Balaban J connectivity index is 1.36. The van der Waals surface area contributed by atoms with Crippen LogP contribution in [0.3, 0.4) is 0 Å². The van der Waals surface area contributed by atoms with Gasteiger partial charge in [0.05, 0.1) is 33.0 Å². The lowest BCUT2D eigenvalue weighted by Gasteiger charge is -2.22. The first kappa shape index (κ1) is 43.4. The number of hydroxylamine groups is 3. The SMILES string of the molecule is CCONC(=O)CCc1c(CCCCCCOc2cc(C(=O)N(Cc3ccccc3)OC(F)F)cc(-c3ccccc3)c2)cccc1OCCCC(=O)OCC. The quantitative estimate of drug-likeness (QED) is 0.0404. The molecule has 0 aliphatic carbocycles. The van der Waals surface area contributed by atoms with Crippen molar-refractivity contribution in [1.82, 2.24) is 10.5 Å². The molecular formula is C44H52F2N2O8. The number of hydrogen-bond donors (Lipinski definition) is 1. The van der Waals surface area contributed by atoms with Gasteiger partial charge in [0.25, 0.3) is 5.91 Å². The minimum absolute atomic E-state index is 0.158. The number of nitrogens with zero attached hydrogens (tertiary/aromatic N) is 1. The summed E-state index contributed by atoms with van der Waals surface area (Å²) in [5.41, 5.74) is 6.86. The molecule has 12 heteroatoms. The molecule has 0 aromatic heterocycles. The van der Waals surface area contributed by atoms with E-state index in [0.717, 1.165) is 48.8 Å². The number of carbonyl (C=O) groups is 3. The molecule has 4 rings (SSSR count). The van der Waals surface area contributed by atoms with Crippen LogP contribution in [0, 0.1) is 0 Å². The monoisotopic (exact) mass is 774 g/mol. The minimum atomic E-state index is -3.18. The van der Waals surface area contributed by atoms with Crippen molar-refractivity contribution in [2.45, 2.75) is 84.8 Å². The number of amides is 2. The van der Waals surface area contributed by atoms with Crippen LogP contribution in [-0.2, 0) is 43.4 Å². The highest BCUT2D eigenvalue weighted by Crippen LogP contribution is 2.29. The Morgan fingerprint density at radius 3 is 2.18 bits per heavy atom. The summed E-state index contributed by atoms with van der Waals surface area (Å²) in [6.07, 6.45) is 5.73. The van der Waals surface area contributed by atoms with Crippen molar-refractivity contribution in [1.29, 1.82) is 0 Å². The predicted octanol–water partition coefficient (Wildman–Crippen LogP) is 9.05. The smallest absolute Gasteiger partial charge is 0.365 e. The van der Waals surface area contributed by atoms with Crippen LogP contribution < -0.4 is 15.0 Å². The Bertz CT molecular complexity index is 1790. The maximum Gasteiger partial charge on any atom is 0.365 e. The maximum atomic E-state index is 13.6. The van der Waals surface area contributed by atoms with Crippen molar-refractivity contribution >= 4 is 17.8 Å². The molecule has 4 aromatic rings. The molecule has 2 amide bonds. The molecule has 0 aliphatic heterocycles. The fourth-order valence-electron chi connectivity index (χ4n) is 6.05. The molecule has 0 fully saturated rings. The average molecular weight is 775 g/mol. The zero-order valence-corrected chi connectivity index (χ0v) is 32.2. The third-order valence-electron chi connectivity index (χ3n) is 8.72. The van der Waals surface area contributed by atoms with Crippen LogP contribution >= 0.6 is 0 Å². The van der Waals surface area contributed by atoms with Crippen LogP contribution in [0.15, 0.2) is 97.1 Å². The van der Waals surface area contributed by atoms with Crippen molar-refractivity contribution in [2.75, 3.05) is 26.4 Å². The van der Waals surface area contributed by atoms with Gasteiger partial charge in [-0.2, -0.15) is 8.78 Å². The second-order valence-electron chi connectivity index (χ2n) is 12.9. The van der Waals surface area contributed by atoms with Gasteiger partial charge in [0, 0.05) is 18.4 Å². The Kier molecular flexibility index (Phi) is 18.8. The molecule has 300 valence electrons. The molecule has 0 radical (unpaired) electrons. The summed E-state index contributed by atoms with van der Waals surface area (Å²) >= 11 is 0. The van der Waals surface area contributed by atoms with Gasteiger partial charge in [0.2, 0.25) is 5.91 Å². The van der Waals surface area contributed by atoms with Crippen molar-refractivity contribution in [3.63, 3.8) is 0 Å². The van der Waals surface area contributed by atoms with Crippen LogP contribution in [0.1, 0.15) is 85.8 Å². The van der Waals surface area contributed by atoms with Gasteiger partial charge in [0.15, 0.2) is 0 Å². The van der Waals surface area contributed by atoms with Crippen molar-refractivity contribution < 1.29 is 47.1 Å². The summed E-state index contributed by atoms with van der Waals surface area (Å²) in [6.45, 7) is 1.68. The minimum Gasteiger partial charge on any atom is -0.494 e. The maximum absolute atomic E-state index is 13.6. The van der Waals surface area contributed by atoms with Gasteiger partial charge in [-0.1, -0.05) is 85.6 Å². The zero-order valence-electron chi connectivity index (χ0n) is 32.2. The van der Waals surface area contributed by atoms with E-state index in [1.165, 1.54) is 0 Å². The fraction of sp³-hybridized carbons (Fsp3) is 0.386. The van der Waals surface area contributed by atoms with E-state index >= 15 is 0 Å². The van der Waals surface area contributed by atoms with Gasteiger partial charge in [-0.15, -0.1) is 0 Å². The van der Waals surface area contributed by atoms with Gasteiger partial charge in [-0.25, -0.2) is 15.4 Å². The summed E-state index contributed by atoms with van der Waals surface area (Å²) in [6, 6.07) is 29.2. The first-order valence-corrected chi connectivity index (χ1v) is 19.2. The third kappa shape index (κ3) is 15.1. The van der Waals surface area contributed by atoms with Crippen LogP contribution in [0.4, 0.5) is 8.78 Å². The lowest BCUT2D eigenvalue weighted by molar-refractivity contribution is -0.261. The van der Waals surface area contributed by atoms with Gasteiger partial charge in [-0.05, 0) is 98.0 Å². The number of alkyl halides is 2. The lowest BCUT2D eigenvalue weighted by atomic mass is 9.96. The molecule has 0 saturated carbocycles. The Morgan fingerprint density at radius 2 is 1.45 bits per heavy atom. The highest BCUT2D eigenvalue weighted by atomic mass is 19.3. The van der Waals surface area contributed by atoms with E-state index in [1.807, 2.05) is 48.5 Å². The Labute approximate surface area is 328 Å². The number of ether oxygens (including phenoxy) is 3. The topological polar surface area (TPSA) is 113 Å². The van der Waals surface area contributed by atoms with Crippen molar-refractivity contribution in [3.8, 4) is 22.6 Å². The van der Waals surface area contributed by atoms with Crippen molar-refractivity contribution in [2.24, 2.45) is 0 Å². The van der Waals surface area contributed by atoms with Crippen molar-refractivity contribution in [3.05, 3.63) is 119 Å². The lowest BCUT2D eigenvalue weighted by Crippen LogP contribution is -2.32. The van der Waals surface area contributed by atoms with E-state index in [-0.39, 0.29) is 36.8 Å². The molecule has 56 heavy (non-hydrogen) atoms. The number of halogens is 2. The zero-order chi connectivity index (χ0) is 40.0. The average Bonchev–Trinajstić information content (AvgIpc) is 3.20. The van der Waals surface area contributed by atoms with Crippen LogP contribution in [0.5, 0.6) is 11.5 Å². The highest BCUT2D eigenvalue weighted by Gasteiger charge is 2.23. The number of carbonyl (C=O) groups excluding carboxylic acids is 3. The van der Waals surface area contributed by atoms with Gasteiger partial charge >= 0.3 is 12.6 Å². The number of nitrogens with one attached hydrogen (secondary N) is 1. The van der Waals surface area contributed by atoms with E-state index in [2.05, 4.69) is 16.4 Å². The van der Waals surface area contributed by atoms with E-state index in [9.17, 15) is 23.2 Å². The van der Waals surface area contributed by atoms with E-state index in [1.54, 1.807) is 56.3 Å². The number of esters is 1. The van der Waals surface area contributed by atoms with E-state index in [4.69, 9.17) is 19.0 Å². The number of aryl methyl sites for hydroxylation is 1. The molecule has 0 unspecified atom stereocenters. The third-order valence-corrected chi connectivity index (χ3v) is 8.72. The molecule has 0 saturated heterocycles. The van der Waals surface area contributed by atoms with Crippen LogP contribution in [-0.4, -0.2) is 55.9 Å². The largest absolute Gasteiger partial charge is 0.494 e. The molecule has 4 aromatic carbocycles. The first-order chi connectivity index (χ1) is 27.3. The standard InChI is InChI=1S/C44H52F2N2O8/c1-3-52-42(50)24-16-28-54-40-23-15-22-35(39(40)25-26-41(49)47-55-4-2)21-11-5-6-14-27-53-38-30-36(34-19-12-8-13-20-34)29-37(31-38)43(51)48(56-44(45)46)32-33-17-9-7-10-18-33/h7-10,12-13,15,17-20,22-23,29-31,44H,3-6,11,14,16,21,24-28,32H2,1-2H3,(H,47,49). The molecule has 0 aliphatic rings. The molecular weight excluding hydrogens is 722 g/mol. The molecule has 0 spiro atoms. The Hall–Kier alpha value is -5.33. The molecule has 0 bridgehead atoms. The van der Waals surface area contributed by atoms with E-state index in [0.29, 0.717) is 67.0 Å². The summed E-state index contributed by atoms with van der Waals surface area (Å²) in [4.78, 5) is 47.5. The fourth-order valence-corrected chi connectivity index (χ4v) is 6.05. The van der Waals surface area contributed by atoms with Gasteiger partial charge < -0.3 is 14.2 Å². The molecule has 0 heterocycles. The van der Waals surface area contributed by atoms with Crippen LogP contribution in [0.25, 0.3) is 11.1 Å². The van der Waals surface area contributed by atoms with Gasteiger partial charge in [0.1, 0.15) is 11.5 Å².